The van der Waals surface area contributed by atoms with E-state index in [1.807, 2.05) is 13.8 Å². The van der Waals surface area contributed by atoms with Crippen LogP contribution >= 0.6 is 11.8 Å². The van der Waals surface area contributed by atoms with Crippen LogP contribution in [0.1, 0.15) is 37.7 Å². The highest BCUT2D eigenvalue weighted by atomic mass is 32.2. The molecule has 9 heteroatoms. The first-order chi connectivity index (χ1) is 11.2. The third kappa shape index (κ3) is 3.50. The summed E-state index contributed by atoms with van der Waals surface area (Å²) in [4.78, 5) is 6.61. The van der Waals surface area contributed by atoms with Gasteiger partial charge in [-0.1, -0.05) is 23.8 Å². The summed E-state index contributed by atoms with van der Waals surface area (Å²) in [6, 6.07) is 0. The zero-order valence-electron chi connectivity index (χ0n) is 13.7. The van der Waals surface area contributed by atoms with Gasteiger partial charge in [-0.3, -0.25) is 4.57 Å². The maximum Gasteiger partial charge on any atom is 0.239 e. The van der Waals surface area contributed by atoms with E-state index in [0.29, 0.717) is 5.89 Å². The van der Waals surface area contributed by atoms with Crippen molar-refractivity contribution in [1.29, 1.82) is 0 Å². The molecule has 3 rings (SSSR count). The fourth-order valence-corrected chi connectivity index (χ4v) is 3.37. The average molecular weight is 338 g/mol. The molecule has 0 N–H and O–H groups in total. The number of nitrogens with zero attached hydrogens (tertiary/aromatic N) is 6. The van der Waals surface area contributed by atoms with Crippen molar-refractivity contribution in [2.45, 2.75) is 44.1 Å². The van der Waals surface area contributed by atoms with Gasteiger partial charge in [0.2, 0.25) is 11.8 Å². The fourth-order valence-electron chi connectivity index (χ4n) is 2.43. The van der Waals surface area contributed by atoms with E-state index in [2.05, 4.69) is 36.7 Å². The molecule has 1 saturated heterocycles. The number of morpholine rings is 1. The largest absolute Gasteiger partial charge is 0.378 e. The predicted octanol–water partition coefficient (Wildman–Crippen LogP) is 1.93. The first-order valence-electron chi connectivity index (χ1n) is 7.98. The van der Waals surface area contributed by atoms with Gasteiger partial charge in [0.15, 0.2) is 11.0 Å². The molecular formula is C14H22N6O2S. The first-order valence-corrected chi connectivity index (χ1v) is 8.85. The molecule has 1 aliphatic heterocycles. The molecule has 2 aromatic heterocycles. The van der Waals surface area contributed by atoms with E-state index in [-0.39, 0.29) is 5.25 Å². The van der Waals surface area contributed by atoms with Crippen molar-refractivity contribution in [2.75, 3.05) is 31.2 Å². The van der Waals surface area contributed by atoms with E-state index in [1.54, 1.807) is 11.8 Å². The van der Waals surface area contributed by atoms with E-state index in [4.69, 9.17) is 9.26 Å². The van der Waals surface area contributed by atoms with Crippen LogP contribution in [0.15, 0.2) is 9.68 Å². The highest BCUT2D eigenvalue weighted by Gasteiger charge is 2.23. The van der Waals surface area contributed by atoms with Gasteiger partial charge in [-0.15, -0.1) is 10.2 Å². The summed E-state index contributed by atoms with van der Waals surface area (Å²) < 4.78 is 12.9. The Morgan fingerprint density at radius 3 is 2.65 bits per heavy atom. The van der Waals surface area contributed by atoms with Crippen molar-refractivity contribution in [3.63, 3.8) is 0 Å². The van der Waals surface area contributed by atoms with E-state index < -0.39 is 0 Å². The molecule has 126 valence electrons. The highest BCUT2D eigenvalue weighted by molar-refractivity contribution is 7.99. The topological polar surface area (TPSA) is 82.1 Å². The fraction of sp³-hybridized carbons (Fsp3) is 0.714. The molecule has 0 aliphatic carbocycles. The van der Waals surface area contributed by atoms with Crippen LogP contribution in [0.5, 0.6) is 0 Å². The van der Waals surface area contributed by atoms with Gasteiger partial charge in [-0.05, 0) is 13.8 Å². The molecule has 0 amide bonds. The molecule has 3 heterocycles. The van der Waals surface area contributed by atoms with Crippen molar-refractivity contribution < 1.29 is 9.26 Å². The standard InChI is InChI=1S/C14H22N6O2S/c1-4-11-15-12(22-18-11)10(3)23-14-17-16-13(20(14)5-2)19-6-8-21-9-7-19/h10H,4-9H2,1-3H3. The summed E-state index contributed by atoms with van der Waals surface area (Å²) in [6.07, 6.45) is 0.771. The SMILES string of the molecule is CCc1noc(C(C)Sc2nnc(N3CCOCC3)n2CC)n1. The average Bonchev–Trinajstić information content (AvgIpc) is 3.22. The number of ether oxygens (including phenoxy) is 1. The van der Waals surface area contributed by atoms with Crippen molar-refractivity contribution in [2.24, 2.45) is 0 Å². The second-order valence-electron chi connectivity index (χ2n) is 5.29. The van der Waals surface area contributed by atoms with E-state index in [1.165, 1.54) is 0 Å². The third-order valence-electron chi connectivity index (χ3n) is 3.74. The molecule has 0 saturated carbocycles. The van der Waals surface area contributed by atoms with Crippen LogP contribution in [0.2, 0.25) is 0 Å². The Balaban J connectivity index is 1.75. The van der Waals surface area contributed by atoms with Crippen LogP contribution in [-0.2, 0) is 17.7 Å². The molecule has 1 fully saturated rings. The minimum atomic E-state index is 0.0369. The van der Waals surface area contributed by atoms with Crippen LogP contribution < -0.4 is 4.90 Å². The Labute approximate surface area is 139 Å². The third-order valence-corrected chi connectivity index (χ3v) is 4.81. The number of hydrogen-bond acceptors (Lipinski definition) is 8. The zero-order chi connectivity index (χ0) is 16.2. The van der Waals surface area contributed by atoms with Gasteiger partial charge in [0, 0.05) is 26.1 Å². The highest BCUT2D eigenvalue weighted by Crippen LogP contribution is 2.34. The summed E-state index contributed by atoms with van der Waals surface area (Å²) in [7, 11) is 0. The second-order valence-corrected chi connectivity index (χ2v) is 6.60. The van der Waals surface area contributed by atoms with Gasteiger partial charge in [0.25, 0.3) is 0 Å². The number of thioether (sulfide) groups is 1. The summed E-state index contributed by atoms with van der Waals surface area (Å²) in [6.45, 7) is 10.1. The molecule has 0 aromatic carbocycles. The summed E-state index contributed by atoms with van der Waals surface area (Å²) in [5, 5.41) is 13.6. The van der Waals surface area contributed by atoms with E-state index >= 15 is 0 Å². The van der Waals surface area contributed by atoms with Crippen LogP contribution in [0.4, 0.5) is 5.95 Å². The minimum Gasteiger partial charge on any atom is -0.378 e. The summed E-state index contributed by atoms with van der Waals surface area (Å²) in [5.74, 6) is 2.27. The summed E-state index contributed by atoms with van der Waals surface area (Å²) in [5.41, 5.74) is 0. The molecule has 8 nitrogen and oxygen atoms in total. The molecule has 0 radical (unpaired) electrons. The van der Waals surface area contributed by atoms with Crippen LogP contribution in [0.3, 0.4) is 0 Å². The Morgan fingerprint density at radius 2 is 2.00 bits per heavy atom. The lowest BCUT2D eigenvalue weighted by Gasteiger charge is -2.27. The van der Waals surface area contributed by atoms with Crippen molar-refractivity contribution in [3.05, 3.63) is 11.7 Å². The molecule has 23 heavy (non-hydrogen) atoms. The Bertz CT molecular complexity index is 637. The van der Waals surface area contributed by atoms with Gasteiger partial charge < -0.3 is 14.2 Å². The van der Waals surface area contributed by atoms with Gasteiger partial charge in [0.1, 0.15) is 0 Å². The molecule has 1 aliphatic rings. The van der Waals surface area contributed by atoms with Gasteiger partial charge in [0.05, 0.1) is 18.5 Å². The van der Waals surface area contributed by atoms with E-state index in [9.17, 15) is 0 Å². The van der Waals surface area contributed by atoms with Crippen molar-refractivity contribution in [3.8, 4) is 0 Å². The van der Waals surface area contributed by atoms with Crippen LogP contribution in [-0.4, -0.2) is 51.2 Å². The second kappa shape index (κ2) is 7.31. The number of hydrogen-bond donors (Lipinski definition) is 0. The van der Waals surface area contributed by atoms with Crippen LogP contribution in [0.25, 0.3) is 0 Å². The Morgan fingerprint density at radius 1 is 1.22 bits per heavy atom. The number of aromatic nitrogens is 5. The Kier molecular flexibility index (Phi) is 5.16. The lowest BCUT2D eigenvalue weighted by molar-refractivity contribution is 0.121. The Hall–Kier alpha value is -1.61. The lowest BCUT2D eigenvalue weighted by Crippen LogP contribution is -2.38. The van der Waals surface area contributed by atoms with Gasteiger partial charge in [-0.2, -0.15) is 4.98 Å². The number of rotatable bonds is 6. The predicted molar refractivity (Wildman–Crippen MR) is 86.7 cm³/mol. The molecular weight excluding hydrogens is 316 g/mol. The molecule has 0 bridgehead atoms. The molecule has 1 unspecified atom stereocenters. The molecule has 0 spiro atoms. The van der Waals surface area contributed by atoms with Gasteiger partial charge >= 0.3 is 0 Å². The molecule has 1 atom stereocenters. The van der Waals surface area contributed by atoms with Gasteiger partial charge in [-0.25, -0.2) is 0 Å². The lowest BCUT2D eigenvalue weighted by atomic mass is 10.4. The maximum atomic E-state index is 5.40. The zero-order valence-corrected chi connectivity index (χ0v) is 14.5. The number of anilines is 1. The maximum absolute atomic E-state index is 5.40. The normalized spacial score (nSPS) is 16.7. The van der Waals surface area contributed by atoms with Crippen molar-refractivity contribution >= 4 is 17.7 Å². The van der Waals surface area contributed by atoms with E-state index in [0.717, 1.165) is 56.2 Å². The van der Waals surface area contributed by atoms with Crippen LogP contribution in [0, 0.1) is 0 Å². The minimum absolute atomic E-state index is 0.0369. The first kappa shape index (κ1) is 16.3. The van der Waals surface area contributed by atoms with Crippen molar-refractivity contribution in [1.82, 2.24) is 24.9 Å². The molecule has 2 aromatic rings. The smallest absolute Gasteiger partial charge is 0.239 e. The number of aryl methyl sites for hydroxylation is 1. The quantitative estimate of drug-likeness (QED) is 0.739. The monoisotopic (exact) mass is 338 g/mol. The summed E-state index contributed by atoms with van der Waals surface area (Å²) >= 11 is 1.59.